The van der Waals surface area contributed by atoms with Crippen molar-refractivity contribution in [3.8, 4) is 0 Å². The van der Waals surface area contributed by atoms with Gasteiger partial charge in [0.2, 0.25) is 0 Å². The van der Waals surface area contributed by atoms with E-state index in [-0.39, 0.29) is 6.04 Å². The van der Waals surface area contributed by atoms with E-state index in [1.807, 2.05) is 18.2 Å². The van der Waals surface area contributed by atoms with Crippen molar-refractivity contribution in [1.82, 2.24) is 5.43 Å². The summed E-state index contributed by atoms with van der Waals surface area (Å²) in [4.78, 5) is 0. The zero-order chi connectivity index (χ0) is 12.1. The van der Waals surface area contributed by atoms with Gasteiger partial charge < -0.3 is 0 Å². The van der Waals surface area contributed by atoms with Crippen LogP contribution < -0.4 is 11.3 Å². The summed E-state index contributed by atoms with van der Waals surface area (Å²) in [5.74, 6) is 6.25. The highest BCUT2D eigenvalue weighted by Gasteiger charge is 2.15. The lowest BCUT2D eigenvalue weighted by molar-refractivity contribution is 0.407. The van der Waals surface area contributed by atoms with Crippen LogP contribution in [0, 0.1) is 5.92 Å². The van der Waals surface area contributed by atoms with E-state index in [0.717, 1.165) is 27.9 Å². The molecule has 0 bridgehead atoms. The van der Waals surface area contributed by atoms with Gasteiger partial charge in [-0.3, -0.25) is 11.3 Å². The summed E-state index contributed by atoms with van der Waals surface area (Å²) in [6, 6.07) is 5.97. The number of halogens is 2. The molecule has 0 aliphatic carbocycles. The summed E-state index contributed by atoms with van der Waals surface area (Å²) in [6.45, 7) is 4.42. The van der Waals surface area contributed by atoms with Gasteiger partial charge in [-0.15, -0.1) is 0 Å². The number of hydrogen-bond donors (Lipinski definition) is 2. The van der Waals surface area contributed by atoms with Gasteiger partial charge in [-0.05, 0) is 30.0 Å². The van der Waals surface area contributed by atoms with E-state index in [2.05, 4.69) is 35.2 Å². The molecule has 0 amide bonds. The molecule has 0 fully saturated rings. The third-order valence-corrected chi connectivity index (χ3v) is 3.80. The lowest BCUT2D eigenvalue weighted by Crippen LogP contribution is -2.29. The molecule has 0 aliphatic rings. The van der Waals surface area contributed by atoms with Crippen LogP contribution in [0.1, 0.15) is 38.3 Å². The van der Waals surface area contributed by atoms with Crippen molar-refractivity contribution < 1.29 is 0 Å². The van der Waals surface area contributed by atoms with Crippen LogP contribution in [-0.4, -0.2) is 0 Å². The fraction of sp³-hybridized carbons (Fsp3) is 0.500. The van der Waals surface area contributed by atoms with Gasteiger partial charge >= 0.3 is 0 Å². The van der Waals surface area contributed by atoms with Gasteiger partial charge in [0.1, 0.15) is 0 Å². The van der Waals surface area contributed by atoms with E-state index < -0.39 is 0 Å². The van der Waals surface area contributed by atoms with Gasteiger partial charge in [0.25, 0.3) is 0 Å². The van der Waals surface area contributed by atoms with Crippen molar-refractivity contribution in [2.24, 2.45) is 11.8 Å². The van der Waals surface area contributed by atoms with E-state index >= 15 is 0 Å². The van der Waals surface area contributed by atoms with Gasteiger partial charge in [0.05, 0.1) is 0 Å². The molecule has 0 saturated heterocycles. The molecule has 16 heavy (non-hydrogen) atoms. The predicted octanol–water partition coefficient (Wildman–Crippen LogP) is 4.04. The monoisotopic (exact) mass is 304 g/mol. The summed E-state index contributed by atoms with van der Waals surface area (Å²) in [5, 5.41) is 0.731. The number of hydrogen-bond acceptors (Lipinski definition) is 2. The zero-order valence-electron chi connectivity index (χ0n) is 9.63. The van der Waals surface area contributed by atoms with Crippen LogP contribution in [0.5, 0.6) is 0 Å². The second-order valence-electron chi connectivity index (χ2n) is 4.13. The Morgan fingerprint density at radius 3 is 2.69 bits per heavy atom. The molecule has 0 aliphatic heterocycles. The molecule has 1 rings (SSSR count). The highest BCUT2D eigenvalue weighted by molar-refractivity contribution is 9.10. The quantitative estimate of drug-likeness (QED) is 0.636. The largest absolute Gasteiger partial charge is 0.271 e. The maximum atomic E-state index is 5.92. The molecule has 0 radical (unpaired) electrons. The molecule has 1 aromatic carbocycles. The van der Waals surface area contributed by atoms with Crippen LogP contribution in [0.3, 0.4) is 0 Å². The molecule has 4 heteroatoms. The molecule has 0 spiro atoms. The number of nitrogens with two attached hydrogens (primary N) is 1. The number of nitrogens with one attached hydrogen (secondary N) is 1. The minimum atomic E-state index is 0.168. The van der Waals surface area contributed by atoms with Crippen molar-refractivity contribution in [1.29, 1.82) is 0 Å². The molecule has 1 aromatic rings. The fourth-order valence-corrected chi connectivity index (χ4v) is 2.60. The minimum Gasteiger partial charge on any atom is -0.271 e. The normalized spacial score (nSPS) is 14.8. The Morgan fingerprint density at radius 2 is 2.19 bits per heavy atom. The van der Waals surface area contributed by atoms with Gasteiger partial charge in [0.15, 0.2) is 0 Å². The van der Waals surface area contributed by atoms with E-state index in [9.17, 15) is 0 Å². The summed E-state index contributed by atoms with van der Waals surface area (Å²) in [6.07, 6.45) is 2.18. The van der Waals surface area contributed by atoms with Crippen molar-refractivity contribution in [3.05, 3.63) is 33.3 Å². The highest BCUT2D eigenvalue weighted by Crippen LogP contribution is 2.30. The van der Waals surface area contributed by atoms with Gasteiger partial charge in [0, 0.05) is 15.5 Å². The van der Waals surface area contributed by atoms with Gasteiger partial charge in [-0.2, -0.15) is 0 Å². The Balaban J connectivity index is 2.86. The summed E-state index contributed by atoms with van der Waals surface area (Å²) in [5.41, 5.74) is 4.03. The molecule has 0 heterocycles. The smallest absolute Gasteiger partial charge is 0.0473 e. The fourth-order valence-electron chi connectivity index (χ4n) is 1.64. The van der Waals surface area contributed by atoms with Crippen LogP contribution >= 0.6 is 27.5 Å². The molecule has 3 N–H and O–H groups in total. The Labute approximate surface area is 111 Å². The first-order valence-corrected chi connectivity index (χ1v) is 6.66. The molecule has 2 atom stereocenters. The molecule has 0 aromatic heterocycles. The Hall–Kier alpha value is -0.0900. The molecule has 0 saturated carbocycles. The van der Waals surface area contributed by atoms with E-state index in [4.69, 9.17) is 17.4 Å². The first-order valence-electron chi connectivity index (χ1n) is 5.49. The minimum absolute atomic E-state index is 0.168. The Morgan fingerprint density at radius 1 is 1.50 bits per heavy atom. The number of benzene rings is 1. The molecule has 90 valence electrons. The third kappa shape index (κ3) is 3.74. The van der Waals surface area contributed by atoms with E-state index in [1.54, 1.807) is 0 Å². The SMILES string of the molecule is CCC(C)CC(NN)c1ccc(Cl)cc1Br. The zero-order valence-corrected chi connectivity index (χ0v) is 12.0. The van der Waals surface area contributed by atoms with Crippen LogP contribution in [0.15, 0.2) is 22.7 Å². The predicted molar refractivity (Wildman–Crippen MR) is 73.3 cm³/mol. The van der Waals surface area contributed by atoms with Gasteiger partial charge in [-0.25, -0.2) is 0 Å². The van der Waals surface area contributed by atoms with Crippen LogP contribution in [0.2, 0.25) is 5.02 Å². The van der Waals surface area contributed by atoms with Crippen molar-refractivity contribution in [3.63, 3.8) is 0 Å². The average Bonchev–Trinajstić information content (AvgIpc) is 2.26. The third-order valence-electron chi connectivity index (χ3n) is 2.87. The van der Waals surface area contributed by atoms with Crippen molar-refractivity contribution >= 4 is 27.5 Å². The number of hydrazine groups is 1. The summed E-state index contributed by atoms with van der Waals surface area (Å²) >= 11 is 9.44. The lowest BCUT2D eigenvalue weighted by atomic mass is 9.95. The second kappa shape index (κ2) is 6.60. The van der Waals surface area contributed by atoms with E-state index in [1.165, 1.54) is 0 Å². The first-order chi connectivity index (χ1) is 7.58. The molecular weight excluding hydrogens is 288 g/mol. The Bertz CT molecular complexity index is 344. The molecular formula is C12H18BrClN2. The van der Waals surface area contributed by atoms with Crippen LogP contribution in [-0.2, 0) is 0 Å². The summed E-state index contributed by atoms with van der Waals surface area (Å²) < 4.78 is 1.01. The summed E-state index contributed by atoms with van der Waals surface area (Å²) in [7, 11) is 0. The highest BCUT2D eigenvalue weighted by atomic mass is 79.9. The standard InChI is InChI=1S/C12H18BrClN2/c1-3-8(2)6-12(16-15)10-5-4-9(14)7-11(10)13/h4-5,7-8,12,16H,3,6,15H2,1-2H3. The second-order valence-corrected chi connectivity index (χ2v) is 5.42. The lowest BCUT2D eigenvalue weighted by Gasteiger charge is -2.21. The van der Waals surface area contributed by atoms with Gasteiger partial charge in [-0.1, -0.05) is 53.9 Å². The average molecular weight is 306 g/mol. The molecule has 2 nitrogen and oxygen atoms in total. The molecule has 2 unspecified atom stereocenters. The maximum Gasteiger partial charge on any atom is 0.0473 e. The topological polar surface area (TPSA) is 38.0 Å². The Kier molecular flexibility index (Phi) is 5.76. The first kappa shape index (κ1) is 14.0. The van der Waals surface area contributed by atoms with Crippen molar-refractivity contribution in [2.45, 2.75) is 32.7 Å². The van der Waals surface area contributed by atoms with Crippen molar-refractivity contribution in [2.75, 3.05) is 0 Å². The van der Waals surface area contributed by atoms with Crippen LogP contribution in [0.4, 0.5) is 0 Å². The van der Waals surface area contributed by atoms with Crippen LogP contribution in [0.25, 0.3) is 0 Å². The number of rotatable bonds is 5. The maximum absolute atomic E-state index is 5.92. The van der Waals surface area contributed by atoms with E-state index in [0.29, 0.717) is 5.92 Å².